The average molecular weight is 299 g/mol. The fraction of sp³-hybridized carbons (Fsp3) is 1.00. The SMILES string of the molecule is C[C@H]1CNCCN1S(=O)(=O)CC1CCCCO1.Cl. The average Bonchev–Trinajstić information content (AvgIpc) is 2.30. The zero-order chi connectivity index (χ0) is 12.3. The van der Waals surface area contributed by atoms with E-state index in [1.165, 1.54) is 0 Å². The van der Waals surface area contributed by atoms with Gasteiger partial charge in [0.1, 0.15) is 0 Å². The van der Waals surface area contributed by atoms with E-state index in [4.69, 9.17) is 4.74 Å². The molecule has 0 aromatic rings. The first-order valence-electron chi connectivity index (χ1n) is 6.41. The van der Waals surface area contributed by atoms with Crippen LogP contribution in [-0.4, -0.2) is 56.9 Å². The number of nitrogens with one attached hydrogen (secondary N) is 1. The van der Waals surface area contributed by atoms with Gasteiger partial charge in [-0.15, -0.1) is 12.4 Å². The van der Waals surface area contributed by atoms with Gasteiger partial charge in [-0.2, -0.15) is 4.31 Å². The summed E-state index contributed by atoms with van der Waals surface area (Å²) in [7, 11) is -3.16. The molecule has 2 saturated heterocycles. The number of rotatable bonds is 3. The number of ether oxygens (including phenoxy) is 1. The van der Waals surface area contributed by atoms with Crippen molar-refractivity contribution in [1.82, 2.24) is 9.62 Å². The topological polar surface area (TPSA) is 58.6 Å². The second kappa shape index (κ2) is 7.05. The highest BCUT2D eigenvalue weighted by Crippen LogP contribution is 2.18. The quantitative estimate of drug-likeness (QED) is 0.829. The third kappa shape index (κ3) is 4.06. The van der Waals surface area contributed by atoms with Gasteiger partial charge in [0.25, 0.3) is 0 Å². The molecule has 5 nitrogen and oxygen atoms in total. The minimum Gasteiger partial charge on any atom is -0.377 e. The highest BCUT2D eigenvalue weighted by molar-refractivity contribution is 7.89. The van der Waals surface area contributed by atoms with E-state index in [0.29, 0.717) is 13.2 Å². The van der Waals surface area contributed by atoms with Gasteiger partial charge in [0.15, 0.2) is 0 Å². The molecule has 2 aliphatic heterocycles. The predicted molar refractivity (Wildman–Crippen MR) is 73.7 cm³/mol. The van der Waals surface area contributed by atoms with Gasteiger partial charge in [0, 0.05) is 32.3 Å². The maximum atomic E-state index is 12.3. The fourth-order valence-corrected chi connectivity index (χ4v) is 4.42. The van der Waals surface area contributed by atoms with Crippen molar-refractivity contribution in [2.24, 2.45) is 0 Å². The lowest BCUT2D eigenvalue weighted by Crippen LogP contribution is -2.53. The third-order valence-corrected chi connectivity index (χ3v) is 5.52. The van der Waals surface area contributed by atoms with Crippen LogP contribution >= 0.6 is 12.4 Å². The van der Waals surface area contributed by atoms with E-state index in [9.17, 15) is 8.42 Å². The predicted octanol–water partition coefficient (Wildman–Crippen LogP) is 0.601. The van der Waals surface area contributed by atoms with Gasteiger partial charge in [-0.3, -0.25) is 0 Å². The highest BCUT2D eigenvalue weighted by Gasteiger charge is 2.32. The molecule has 2 atom stereocenters. The van der Waals surface area contributed by atoms with Crippen LogP contribution in [0.2, 0.25) is 0 Å². The van der Waals surface area contributed by atoms with Crippen LogP contribution in [0.25, 0.3) is 0 Å². The summed E-state index contributed by atoms with van der Waals surface area (Å²) in [5, 5.41) is 3.20. The molecule has 0 aliphatic carbocycles. The Kier molecular flexibility index (Phi) is 6.34. The van der Waals surface area contributed by atoms with E-state index in [1.54, 1.807) is 4.31 Å². The van der Waals surface area contributed by atoms with E-state index in [1.807, 2.05) is 6.92 Å². The monoisotopic (exact) mass is 298 g/mol. The molecule has 2 heterocycles. The van der Waals surface area contributed by atoms with Crippen LogP contribution in [0.4, 0.5) is 0 Å². The standard InChI is InChI=1S/C11H22N2O3S.ClH/c1-10-8-12-5-6-13(10)17(14,15)9-11-4-2-3-7-16-11;/h10-12H,2-9H2,1H3;1H/t10-,11?;/m0./s1. The van der Waals surface area contributed by atoms with Crippen molar-refractivity contribution in [1.29, 1.82) is 0 Å². The number of hydrogen-bond donors (Lipinski definition) is 1. The van der Waals surface area contributed by atoms with Gasteiger partial charge in [0.2, 0.25) is 10.0 Å². The smallest absolute Gasteiger partial charge is 0.216 e. The molecule has 0 radical (unpaired) electrons. The van der Waals surface area contributed by atoms with Crippen molar-refractivity contribution in [3.05, 3.63) is 0 Å². The number of piperazine rings is 1. The molecule has 0 aromatic carbocycles. The molecule has 0 saturated carbocycles. The van der Waals surface area contributed by atoms with Crippen molar-refractivity contribution in [3.63, 3.8) is 0 Å². The van der Waals surface area contributed by atoms with E-state index in [0.717, 1.165) is 32.4 Å². The lowest BCUT2D eigenvalue weighted by Gasteiger charge is -2.34. The summed E-state index contributed by atoms with van der Waals surface area (Å²) in [5.74, 6) is 0.150. The molecule has 2 fully saturated rings. The molecule has 0 bridgehead atoms. The maximum absolute atomic E-state index is 12.3. The Morgan fingerprint density at radius 1 is 1.39 bits per heavy atom. The van der Waals surface area contributed by atoms with Crippen molar-refractivity contribution in [3.8, 4) is 0 Å². The van der Waals surface area contributed by atoms with Crippen LogP contribution in [-0.2, 0) is 14.8 Å². The maximum Gasteiger partial charge on any atom is 0.216 e. The van der Waals surface area contributed by atoms with Crippen LogP contribution < -0.4 is 5.32 Å². The second-order valence-electron chi connectivity index (χ2n) is 4.93. The molecular weight excluding hydrogens is 276 g/mol. The highest BCUT2D eigenvalue weighted by atomic mass is 35.5. The van der Waals surface area contributed by atoms with Gasteiger partial charge in [-0.05, 0) is 26.2 Å². The summed E-state index contributed by atoms with van der Waals surface area (Å²) in [6.07, 6.45) is 2.91. The molecule has 1 unspecified atom stereocenters. The minimum atomic E-state index is -3.16. The molecule has 7 heteroatoms. The van der Waals surface area contributed by atoms with Crippen molar-refractivity contribution in [2.75, 3.05) is 32.0 Å². The van der Waals surface area contributed by atoms with Gasteiger partial charge in [-0.1, -0.05) is 0 Å². The van der Waals surface area contributed by atoms with E-state index >= 15 is 0 Å². The van der Waals surface area contributed by atoms with Gasteiger partial charge in [0.05, 0.1) is 11.9 Å². The molecule has 18 heavy (non-hydrogen) atoms. The Morgan fingerprint density at radius 2 is 2.17 bits per heavy atom. The minimum absolute atomic E-state index is 0. The Balaban J connectivity index is 0.00000162. The summed E-state index contributed by atoms with van der Waals surface area (Å²) in [5.41, 5.74) is 0. The third-order valence-electron chi connectivity index (χ3n) is 3.47. The summed E-state index contributed by atoms with van der Waals surface area (Å²) in [4.78, 5) is 0. The summed E-state index contributed by atoms with van der Waals surface area (Å²) in [6.45, 7) is 4.72. The van der Waals surface area contributed by atoms with Gasteiger partial charge in [-0.25, -0.2) is 8.42 Å². The normalized spacial score (nSPS) is 30.7. The van der Waals surface area contributed by atoms with Crippen molar-refractivity contribution >= 4 is 22.4 Å². The Bertz CT molecular complexity index is 344. The molecule has 1 N–H and O–H groups in total. The van der Waals surface area contributed by atoms with Crippen LogP contribution in [0.5, 0.6) is 0 Å². The molecule has 0 spiro atoms. The van der Waals surface area contributed by atoms with Crippen LogP contribution in [0.3, 0.4) is 0 Å². The molecule has 108 valence electrons. The van der Waals surface area contributed by atoms with Gasteiger partial charge >= 0.3 is 0 Å². The fourth-order valence-electron chi connectivity index (χ4n) is 2.51. The largest absolute Gasteiger partial charge is 0.377 e. The molecule has 0 amide bonds. The Labute approximate surface area is 116 Å². The molecule has 0 aromatic heterocycles. The molecular formula is C11H23ClN2O3S. The Hall–Kier alpha value is 0.120. The number of nitrogens with zero attached hydrogens (tertiary/aromatic N) is 1. The zero-order valence-electron chi connectivity index (χ0n) is 10.8. The number of hydrogen-bond acceptors (Lipinski definition) is 4. The summed E-state index contributed by atoms with van der Waals surface area (Å²) < 4.78 is 31.7. The Morgan fingerprint density at radius 3 is 2.78 bits per heavy atom. The zero-order valence-corrected chi connectivity index (χ0v) is 12.4. The van der Waals surface area contributed by atoms with Gasteiger partial charge < -0.3 is 10.1 Å². The first-order chi connectivity index (χ1) is 8.09. The molecule has 2 rings (SSSR count). The van der Waals surface area contributed by atoms with E-state index < -0.39 is 10.0 Å². The second-order valence-corrected chi connectivity index (χ2v) is 6.90. The number of sulfonamides is 1. The van der Waals surface area contributed by atoms with Crippen LogP contribution in [0.1, 0.15) is 26.2 Å². The first-order valence-corrected chi connectivity index (χ1v) is 8.02. The lowest BCUT2D eigenvalue weighted by atomic mass is 10.1. The summed E-state index contributed by atoms with van der Waals surface area (Å²) in [6, 6.07) is 0.0531. The summed E-state index contributed by atoms with van der Waals surface area (Å²) >= 11 is 0. The first kappa shape index (κ1) is 16.2. The number of halogens is 1. The van der Waals surface area contributed by atoms with E-state index in [-0.39, 0.29) is 30.3 Å². The molecule has 2 aliphatic rings. The lowest BCUT2D eigenvalue weighted by molar-refractivity contribution is 0.0296. The van der Waals surface area contributed by atoms with E-state index in [2.05, 4.69) is 5.32 Å². The van der Waals surface area contributed by atoms with Crippen LogP contribution in [0, 0.1) is 0 Å². The van der Waals surface area contributed by atoms with Crippen molar-refractivity contribution < 1.29 is 13.2 Å². The van der Waals surface area contributed by atoms with Crippen LogP contribution in [0.15, 0.2) is 0 Å². The van der Waals surface area contributed by atoms with Crippen molar-refractivity contribution in [2.45, 2.75) is 38.3 Å².